The molecule has 1 fully saturated rings. The summed E-state index contributed by atoms with van der Waals surface area (Å²) in [6.07, 6.45) is 6.12. The SMILES string of the molecule is CCOC1COC2(CCN(C/C(C=NCCS(C)(=O)=O)=C/N)CC2)c2sc(Cl)cc21. The topological polar surface area (TPSA) is 94.2 Å². The summed E-state index contributed by atoms with van der Waals surface area (Å²) in [5, 5.41) is 0. The van der Waals surface area contributed by atoms with Gasteiger partial charge in [-0.15, -0.1) is 11.3 Å². The Morgan fingerprint density at radius 1 is 1.50 bits per heavy atom. The minimum atomic E-state index is -3.01. The normalized spacial score (nSPS) is 22.6. The molecule has 0 aliphatic carbocycles. The summed E-state index contributed by atoms with van der Waals surface area (Å²) in [7, 11) is -3.01. The van der Waals surface area contributed by atoms with E-state index in [0.717, 1.165) is 35.8 Å². The Morgan fingerprint density at radius 2 is 2.23 bits per heavy atom. The predicted octanol–water partition coefficient (Wildman–Crippen LogP) is 2.76. The molecular weight excluding hydrogens is 446 g/mol. The number of fused-ring (bicyclic) bond motifs is 2. The van der Waals surface area contributed by atoms with Gasteiger partial charge in [0, 0.05) is 49.2 Å². The molecule has 0 radical (unpaired) electrons. The molecule has 3 heterocycles. The number of hydrogen-bond donors (Lipinski definition) is 1. The summed E-state index contributed by atoms with van der Waals surface area (Å²) in [5.74, 6) is 0.0410. The van der Waals surface area contributed by atoms with Crippen LogP contribution in [-0.4, -0.2) is 70.9 Å². The molecule has 0 amide bonds. The van der Waals surface area contributed by atoms with E-state index in [4.69, 9.17) is 26.8 Å². The third kappa shape index (κ3) is 5.83. The van der Waals surface area contributed by atoms with E-state index < -0.39 is 9.84 Å². The molecule has 1 aromatic rings. The molecule has 7 nitrogen and oxygen atoms in total. The van der Waals surface area contributed by atoms with Crippen LogP contribution in [0.4, 0.5) is 0 Å². The highest BCUT2D eigenvalue weighted by molar-refractivity contribution is 7.90. The van der Waals surface area contributed by atoms with Gasteiger partial charge in [-0.1, -0.05) is 11.6 Å². The molecule has 168 valence electrons. The number of ether oxygens (including phenoxy) is 2. The first-order valence-corrected chi connectivity index (χ1v) is 13.4. The molecule has 1 saturated heterocycles. The Bertz CT molecular complexity index is 890. The highest BCUT2D eigenvalue weighted by atomic mass is 35.5. The molecular formula is C20H30ClN3O4S2. The zero-order chi connectivity index (χ0) is 21.8. The fourth-order valence-corrected chi connectivity index (χ4v) is 5.86. The van der Waals surface area contributed by atoms with Gasteiger partial charge in [-0.25, -0.2) is 8.42 Å². The zero-order valence-electron chi connectivity index (χ0n) is 17.5. The maximum absolute atomic E-state index is 11.2. The van der Waals surface area contributed by atoms with Gasteiger partial charge in [0.2, 0.25) is 0 Å². The molecule has 3 rings (SSSR count). The number of hydrogen-bond acceptors (Lipinski definition) is 8. The largest absolute Gasteiger partial charge is 0.404 e. The third-order valence-electron chi connectivity index (χ3n) is 5.50. The number of nitrogens with zero attached hydrogens (tertiary/aromatic N) is 2. The van der Waals surface area contributed by atoms with Gasteiger partial charge in [0.25, 0.3) is 0 Å². The Morgan fingerprint density at radius 3 is 2.87 bits per heavy atom. The number of likely N-dealkylation sites (tertiary alicyclic amines) is 1. The second-order valence-electron chi connectivity index (χ2n) is 7.77. The van der Waals surface area contributed by atoms with Crippen molar-refractivity contribution in [2.24, 2.45) is 10.7 Å². The van der Waals surface area contributed by atoms with E-state index in [0.29, 0.717) is 19.8 Å². The van der Waals surface area contributed by atoms with Crippen LogP contribution in [0.3, 0.4) is 0 Å². The van der Waals surface area contributed by atoms with Gasteiger partial charge in [0.15, 0.2) is 0 Å². The van der Waals surface area contributed by atoms with Crippen molar-refractivity contribution in [2.75, 3.05) is 51.4 Å². The van der Waals surface area contributed by atoms with E-state index in [-0.39, 0.29) is 24.0 Å². The van der Waals surface area contributed by atoms with Gasteiger partial charge in [0.05, 0.1) is 23.2 Å². The Kier molecular flexibility index (Phi) is 7.97. The maximum Gasteiger partial charge on any atom is 0.149 e. The van der Waals surface area contributed by atoms with Crippen LogP contribution in [0.1, 0.15) is 36.3 Å². The molecule has 10 heteroatoms. The van der Waals surface area contributed by atoms with E-state index in [1.165, 1.54) is 22.9 Å². The van der Waals surface area contributed by atoms with Crippen LogP contribution < -0.4 is 5.73 Å². The summed E-state index contributed by atoms with van der Waals surface area (Å²) in [6.45, 7) is 5.83. The first-order valence-electron chi connectivity index (χ1n) is 10.1. The smallest absolute Gasteiger partial charge is 0.149 e. The van der Waals surface area contributed by atoms with Gasteiger partial charge >= 0.3 is 0 Å². The third-order valence-corrected chi connectivity index (χ3v) is 7.89. The van der Waals surface area contributed by atoms with Gasteiger partial charge in [-0.3, -0.25) is 9.89 Å². The minimum absolute atomic E-state index is 0.0410. The van der Waals surface area contributed by atoms with Crippen LogP contribution in [0, 0.1) is 0 Å². The Balaban J connectivity index is 1.60. The van der Waals surface area contributed by atoms with Crippen LogP contribution in [0.25, 0.3) is 0 Å². The van der Waals surface area contributed by atoms with Crippen molar-refractivity contribution in [3.8, 4) is 0 Å². The van der Waals surface area contributed by atoms with E-state index in [9.17, 15) is 8.42 Å². The van der Waals surface area contributed by atoms with E-state index in [1.54, 1.807) is 17.6 Å². The quantitative estimate of drug-likeness (QED) is 0.581. The van der Waals surface area contributed by atoms with Crippen molar-refractivity contribution >= 4 is 39.0 Å². The summed E-state index contributed by atoms with van der Waals surface area (Å²) in [6, 6.07) is 2.03. The van der Waals surface area contributed by atoms with Crippen molar-refractivity contribution in [3.63, 3.8) is 0 Å². The predicted molar refractivity (Wildman–Crippen MR) is 122 cm³/mol. The fraction of sp³-hybridized carbons (Fsp3) is 0.650. The average Bonchev–Trinajstić information content (AvgIpc) is 3.10. The number of thiophene rings is 1. The highest BCUT2D eigenvalue weighted by Gasteiger charge is 2.45. The molecule has 0 bridgehead atoms. The number of aliphatic imine (C=N–C) groups is 1. The monoisotopic (exact) mass is 475 g/mol. The Hall–Kier alpha value is -0.970. The molecule has 0 aromatic carbocycles. The fourth-order valence-electron chi connectivity index (χ4n) is 3.94. The first kappa shape index (κ1) is 23.7. The van der Waals surface area contributed by atoms with Crippen LogP contribution in [0.15, 0.2) is 22.8 Å². The standard InChI is InChI=1S/C20H30ClN3O4S2/c1-3-27-17-14-28-20(19-16(17)10-18(21)29-19)4-7-24(8-5-20)13-15(11-22)12-23-6-9-30(2,25)26/h10-12,17H,3-9,13-14,22H2,1-2H3/b15-11+,23-12?. The number of sulfone groups is 1. The summed E-state index contributed by atoms with van der Waals surface area (Å²) >= 11 is 7.95. The first-order chi connectivity index (χ1) is 14.3. The van der Waals surface area contributed by atoms with Crippen molar-refractivity contribution in [3.05, 3.63) is 32.6 Å². The second kappa shape index (κ2) is 10.1. The molecule has 1 spiro atoms. The van der Waals surface area contributed by atoms with Crippen LogP contribution in [0.5, 0.6) is 0 Å². The van der Waals surface area contributed by atoms with E-state index in [2.05, 4.69) is 9.89 Å². The summed E-state index contributed by atoms with van der Waals surface area (Å²) in [5.41, 5.74) is 7.50. The molecule has 2 aliphatic rings. The maximum atomic E-state index is 11.2. The van der Waals surface area contributed by atoms with Crippen LogP contribution >= 0.6 is 22.9 Å². The number of nitrogens with two attached hydrogens (primary N) is 1. The van der Waals surface area contributed by atoms with E-state index in [1.807, 2.05) is 13.0 Å². The average molecular weight is 476 g/mol. The molecule has 1 aromatic heterocycles. The van der Waals surface area contributed by atoms with Crippen LogP contribution in [0.2, 0.25) is 4.34 Å². The molecule has 30 heavy (non-hydrogen) atoms. The second-order valence-corrected chi connectivity index (χ2v) is 11.7. The van der Waals surface area contributed by atoms with Crippen molar-refractivity contribution in [1.29, 1.82) is 0 Å². The lowest BCUT2D eigenvalue weighted by Gasteiger charge is -2.45. The lowest BCUT2D eigenvalue weighted by atomic mass is 9.84. The van der Waals surface area contributed by atoms with Gasteiger partial charge in [-0.2, -0.15) is 0 Å². The van der Waals surface area contributed by atoms with Crippen molar-refractivity contribution in [2.45, 2.75) is 31.5 Å². The minimum Gasteiger partial charge on any atom is -0.404 e. The summed E-state index contributed by atoms with van der Waals surface area (Å²) < 4.78 is 35.4. The molecule has 2 aliphatic heterocycles. The van der Waals surface area contributed by atoms with E-state index >= 15 is 0 Å². The molecule has 2 N–H and O–H groups in total. The van der Waals surface area contributed by atoms with Crippen LogP contribution in [-0.2, 0) is 24.9 Å². The van der Waals surface area contributed by atoms with Gasteiger partial charge in [0.1, 0.15) is 21.5 Å². The Labute approximate surface area is 187 Å². The zero-order valence-corrected chi connectivity index (χ0v) is 19.9. The van der Waals surface area contributed by atoms with Gasteiger partial charge < -0.3 is 15.2 Å². The summed E-state index contributed by atoms with van der Waals surface area (Å²) in [4.78, 5) is 7.73. The molecule has 1 unspecified atom stereocenters. The molecule has 0 saturated carbocycles. The van der Waals surface area contributed by atoms with Gasteiger partial charge in [-0.05, 0) is 37.6 Å². The highest BCUT2D eigenvalue weighted by Crippen LogP contribution is 2.49. The lowest BCUT2D eigenvalue weighted by molar-refractivity contribution is -0.139. The van der Waals surface area contributed by atoms with Crippen molar-refractivity contribution < 1.29 is 17.9 Å². The number of halogens is 1. The number of rotatable bonds is 8. The van der Waals surface area contributed by atoms with Crippen molar-refractivity contribution in [1.82, 2.24) is 4.90 Å². The molecule has 1 atom stereocenters. The lowest BCUT2D eigenvalue weighted by Crippen LogP contribution is -2.47. The number of piperidine rings is 1.